The molecule has 1 amide bonds. The fourth-order valence-electron chi connectivity index (χ4n) is 2.52. The van der Waals surface area contributed by atoms with Crippen molar-refractivity contribution in [2.75, 3.05) is 25.0 Å². The van der Waals surface area contributed by atoms with Gasteiger partial charge in [-0.05, 0) is 57.9 Å². The van der Waals surface area contributed by atoms with Crippen LogP contribution in [0.15, 0.2) is 24.4 Å². The molecule has 2 rings (SSSR count). The van der Waals surface area contributed by atoms with Crippen molar-refractivity contribution >= 4 is 24.0 Å². The van der Waals surface area contributed by atoms with E-state index in [1.807, 2.05) is 32.9 Å². The molecule has 7 heteroatoms. The Hall–Kier alpha value is -2.57. The summed E-state index contributed by atoms with van der Waals surface area (Å²) in [5.74, 6) is 0.359. The monoisotopic (exact) mass is 361 g/mol. The third kappa shape index (κ3) is 6.38. The van der Waals surface area contributed by atoms with Crippen LogP contribution in [0.2, 0.25) is 0 Å². The normalized spacial score (nSPS) is 17.4. The van der Waals surface area contributed by atoms with Gasteiger partial charge >= 0.3 is 12.1 Å². The molecule has 1 N–H and O–H groups in total. The molecule has 1 saturated heterocycles. The molecule has 1 aliphatic heterocycles. The zero-order valence-electron chi connectivity index (χ0n) is 15.8. The minimum absolute atomic E-state index is 0.135. The Bertz CT molecular complexity index is 650. The Morgan fingerprint density at radius 1 is 1.38 bits per heavy atom. The molecule has 1 fully saturated rings. The van der Waals surface area contributed by atoms with E-state index in [9.17, 15) is 9.59 Å². The highest BCUT2D eigenvalue weighted by atomic mass is 16.6. The topological polar surface area (TPSA) is 80.8 Å². The van der Waals surface area contributed by atoms with Crippen LogP contribution >= 0.6 is 0 Å². The van der Waals surface area contributed by atoms with Crippen molar-refractivity contribution < 1.29 is 19.1 Å². The predicted molar refractivity (Wildman–Crippen MR) is 99.7 cm³/mol. The Kier molecular flexibility index (Phi) is 6.60. The number of anilines is 1. The van der Waals surface area contributed by atoms with E-state index < -0.39 is 5.60 Å². The van der Waals surface area contributed by atoms with Crippen LogP contribution in [0.4, 0.5) is 10.6 Å². The third-order valence-electron chi connectivity index (χ3n) is 3.68. The summed E-state index contributed by atoms with van der Waals surface area (Å²) in [6.07, 6.45) is 5.27. The molecule has 26 heavy (non-hydrogen) atoms. The quantitative estimate of drug-likeness (QED) is 0.641. The molecular formula is C19H27N3O4. The predicted octanol–water partition coefficient (Wildman–Crippen LogP) is 3.08. The van der Waals surface area contributed by atoms with Crippen LogP contribution in [0.3, 0.4) is 0 Å². The van der Waals surface area contributed by atoms with Crippen molar-refractivity contribution in [1.82, 2.24) is 9.88 Å². The minimum atomic E-state index is -0.489. The zero-order chi connectivity index (χ0) is 19.2. The first-order valence-electron chi connectivity index (χ1n) is 8.82. The molecule has 7 nitrogen and oxygen atoms in total. The number of nitrogens with one attached hydrogen (secondary N) is 1. The van der Waals surface area contributed by atoms with Crippen LogP contribution in [-0.2, 0) is 14.3 Å². The lowest BCUT2D eigenvalue weighted by Crippen LogP contribution is -2.36. The summed E-state index contributed by atoms with van der Waals surface area (Å²) in [4.78, 5) is 29.4. The highest BCUT2D eigenvalue weighted by Gasteiger charge is 2.29. The maximum absolute atomic E-state index is 12.1. The van der Waals surface area contributed by atoms with Gasteiger partial charge in [-0.3, -0.25) is 0 Å². The summed E-state index contributed by atoms with van der Waals surface area (Å²) in [5, 5.41) is 3.32. The maximum Gasteiger partial charge on any atom is 0.410 e. The van der Waals surface area contributed by atoms with E-state index in [1.54, 1.807) is 24.1 Å². The van der Waals surface area contributed by atoms with Crippen LogP contribution in [0, 0.1) is 0 Å². The fraction of sp³-hybridized carbons (Fsp3) is 0.526. The van der Waals surface area contributed by atoms with Gasteiger partial charge < -0.3 is 19.7 Å². The molecule has 142 valence electrons. The minimum Gasteiger partial charge on any atom is -0.463 e. The van der Waals surface area contributed by atoms with E-state index in [-0.39, 0.29) is 18.1 Å². The molecule has 0 spiro atoms. The van der Waals surface area contributed by atoms with Crippen LogP contribution in [0.25, 0.3) is 6.08 Å². The van der Waals surface area contributed by atoms with Crippen LogP contribution in [-0.4, -0.2) is 53.3 Å². The van der Waals surface area contributed by atoms with E-state index in [4.69, 9.17) is 9.47 Å². The first kappa shape index (κ1) is 19.8. The number of carbonyl (C=O) groups excluding carboxylic acids is 2. The highest BCUT2D eigenvalue weighted by Crippen LogP contribution is 2.18. The number of carbonyl (C=O) groups is 2. The average molecular weight is 361 g/mol. The Morgan fingerprint density at radius 3 is 2.77 bits per heavy atom. The number of rotatable bonds is 5. The van der Waals surface area contributed by atoms with Crippen molar-refractivity contribution in [3.8, 4) is 0 Å². The summed E-state index contributed by atoms with van der Waals surface area (Å²) in [5.41, 5.74) is 0.322. The summed E-state index contributed by atoms with van der Waals surface area (Å²) in [6, 6.07) is 3.85. The van der Waals surface area contributed by atoms with Crippen molar-refractivity contribution in [2.45, 2.75) is 45.8 Å². The van der Waals surface area contributed by atoms with Gasteiger partial charge in [0.25, 0.3) is 0 Å². The summed E-state index contributed by atoms with van der Waals surface area (Å²) >= 11 is 0. The number of amides is 1. The number of hydrogen-bond acceptors (Lipinski definition) is 6. The third-order valence-corrected chi connectivity index (χ3v) is 3.68. The van der Waals surface area contributed by atoms with E-state index in [1.165, 1.54) is 6.08 Å². The molecule has 1 aliphatic rings. The summed E-state index contributed by atoms with van der Waals surface area (Å²) in [7, 11) is 0. The molecule has 1 atom stereocenters. The van der Waals surface area contributed by atoms with Gasteiger partial charge in [-0.1, -0.05) is 0 Å². The van der Waals surface area contributed by atoms with Crippen LogP contribution in [0.1, 0.15) is 39.7 Å². The maximum atomic E-state index is 12.1. The second kappa shape index (κ2) is 8.69. The molecule has 0 radical (unpaired) electrons. The lowest BCUT2D eigenvalue weighted by molar-refractivity contribution is -0.137. The first-order valence-corrected chi connectivity index (χ1v) is 8.82. The highest BCUT2D eigenvalue weighted by molar-refractivity contribution is 5.86. The molecular weight excluding hydrogens is 334 g/mol. The van der Waals surface area contributed by atoms with Gasteiger partial charge in [0.05, 0.1) is 6.61 Å². The number of nitrogens with zero attached hydrogens (tertiary/aromatic N) is 2. The van der Waals surface area contributed by atoms with E-state index >= 15 is 0 Å². The number of ether oxygens (including phenoxy) is 2. The molecule has 0 bridgehead atoms. The zero-order valence-corrected chi connectivity index (χ0v) is 15.8. The number of pyridine rings is 1. The van der Waals surface area contributed by atoms with E-state index in [0.29, 0.717) is 19.7 Å². The SMILES string of the molecule is CCOC(=O)/C=C/c1ccc(N[C@@H]2CCN(C(=O)OC(C)(C)C)C2)nc1. The molecule has 1 aromatic heterocycles. The molecule has 1 aromatic rings. The first-order chi connectivity index (χ1) is 12.3. The van der Waals surface area contributed by atoms with Gasteiger partial charge in [-0.2, -0.15) is 0 Å². The second-order valence-electron chi connectivity index (χ2n) is 7.12. The van der Waals surface area contributed by atoms with Crippen molar-refractivity contribution in [2.24, 2.45) is 0 Å². The van der Waals surface area contributed by atoms with Gasteiger partial charge in [0, 0.05) is 31.4 Å². The lowest BCUT2D eigenvalue weighted by Gasteiger charge is -2.24. The Morgan fingerprint density at radius 2 is 2.15 bits per heavy atom. The second-order valence-corrected chi connectivity index (χ2v) is 7.12. The van der Waals surface area contributed by atoms with E-state index in [2.05, 4.69) is 10.3 Å². The molecule has 0 aliphatic carbocycles. The smallest absolute Gasteiger partial charge is 0.410 e. The number of likely N-dealkylation sites (tertiary alicyclic amines) is 1. The lowest BCUT2D eigenvalue weighted by atomic mass is 10.2. The largest absolute Gasteiger partial charge is 0.463 e. The number of hydrogen-bond donors (Lipinski definition) is 1. The summed E-state index contributed by atoms with van der Waals surface area (Å²) in [6.45, 7) is 8.94. The fourth-order valence-corrected chi connectivity index (χ4v) is 2.52. The summed E-state index contributed by atoms with van der Waals surface area (Å²) < 4.78 is 10.2. The average Bonchev–Trinajstić information content (AvgIpc) is 3.02. The Balaban J connectivity index is 1.84. The standard InChI is InChI=1S/C19H27N3O4/c1-5-25-17(23)9-7-14-6-8-16(20-12-14)21-15-10-11-22(13-15)18(24)26-19(2,3)4/h6-9,12,15H,5,10-11,13H2,1-4H3,(H,20,21)/b9-7+/t15-/m1/s1. The molecule has 0 saturated carbocycles. The van der Waals surface area contributed by atoms with Crippen molar-refractivity contribution in [3.05, 3.63) is 30.0 Å². The van der Waals surface area contributed by atoms with Gasteiger partial charge in [-0.25, -0.2) is 14.6 Å². The molecule has 0 unspecified atom stereocenters. The number of aromatic nitrogens is 1. The van der Waals surface area contributed by atoms with E-state index in [0.717, 1.165) is 17.8 Å². The number of esters is 1. The molecule has 0 aromatic carbocycles. The van der Waals surface area contributed by atoms with Crippen LogP contribution in [0.5, 0.6) is 0 Å². The van der Waals surface area contributed by atoms with Crippen molar-refractivity contribution in [3.63, 3.8) is 0 Å². The van der Waals surface area contributed by atoms with Gasteiger partial charge in [-0.15, -0.1) is 0 Å². The van der Waals surface area contributed by atoms with Crippen LogP contribution < -0.4 is 5.32 Å². The van der Waals surface area contributed by atoms with Gasteiger partial charge in [0.2, 0.25) is 0 Å². The molecule has 2 heterocycles. The van der Waals surface area contributed by atoms with Gasteiger partial charge in [0.15, 0.2) is 0 Å². The van der Waals surface area contributed by atoms with Crippen molar-refractivity contribution in [1.29, 1.82) is 0 Å². The Labute approximate surface area is 154 Å². The van der Waals surface area contributed by atoms with Gasteiger partial charge in [0.1, 0.15) is 11.4 Å².